The fourth-order valence-electron chi connectivity index (χ4n) is 1.85. The Morgan fingerprint density at radius 1 is 1.22 bits per heavy atom. The van der Waals surface area contributed by atoms with Crippen LogP contribution in [0.15, 0.2) is 42.1 Å². The highest BCUT2D eigenvalue weighted by atomic mass is 16.6. The Bertz CT molecular complexity index is 562. The van der Waals surface area contributed by atoms with Crippen molar-refractivity contribution in [2.75, 3.05) is 7.11 Å². The van der Waals surface area contributed by atoms with E-state index in [2.05, 4.69) is 5.43 Å². The van der Waals surface area contributed by atoms with Crippen LogP contribution in [0.5, 0.6) is 0 Å². The molecule has 0 unspecified atom stereocenters. The van der Waals surface area contributed by atoms with Crippen LogP contribution >= 0.6 is 0 Å². The number of carbonyl (C=O) groups excluding carboxylic acids is 2. The number of amides is 1. The summed E-state index contributed by atoms with van der Waals surface area (Å²) in [7, 11) is 1.29. The van der Waals surface area contributed by atoms with Crippen molar-refractivity contribution in [3.63, 3.8) is 0 Å². The average Bonchev–Trinajstić information content (AvgIpc) is 2.46. The molecule has 23 heavy (non-hydrogen) atoms. The lowest BCUT2D eigenvalue weighted by Crippen LogP contribution is -2.45. The van der Waals surface area contributed by atoms with Gasteiger partial charge in [0.25, 0.3) is 0 Å². The van der Waals surface area contributed by atoms with Crippen LogP contribution in [0.3, 0.4) is 0 Å². The van der Waals surface area contributed by atoms with E-state index in [9.17, 15) is 9.59 Å². The summed E-state index contributed by atoms with van der Waals surface area (Å²) >= 11 is 0. The number of rotatable bonds is 5. The first-order valence-corrected chi connectivity index (χ1v) is 7.32. The number of nitrogens with one attached hydrogen (secondary N) is 1. The van der Waals surface area contributed by atoms with Gasteiger partial charge < -0.3 is 9.47 Å². The number of carbonyl (C=O) groups is 2. The van der Waals surface area contributed by atoms with Gasteiger partial charge in [-0.2, -0.15) is 0 Å². The zero-order valence-electron chi connectivity index (χ0n) is 14.3. The SMILES string of the molecule is C/C=C(/C(=O)OC)N(Cc1ccccc1)NC(=O)OC(C)(C)C. The summed E-state index contributed by atoms with van der Waals surface area (Å²) < 4.78 is 10.0. The highest BCUT2D eigenvalue weighted by Crippen LogP contribution is 2.12. The van der Waals surface area contributed by atoms with E-state index in [4.69, 9.17) is 9.47 Å². The summed E-state index contributed by atoms with van der Waals surface area (Å²) in [5, 5.41) is 1.41. The van der Waals surface area contributed by atoms with Gasteiger partial charge in [0.15, 0.2) is 0 Å². The smallest absolute Gasteiger partial charge is 0.426 e. The van der Waals surface area contributed by atoms with Crippen LogP contribution in [0.25, 0.3) is 0 Å². The maximum absolute atomic E-state index is 12.0. The number of methoxy groups -OCH3 is 1. The van der Waals surface area contributed by atoms with Crippen LogP contribution in [0.2, 0.25) is 0 Å². The van der Waals surface area contributed by atoms with Gasteiger partial charge in [0.05, 0.1) is 13.7 Å². The van der Waals surface area contributed by atoms with E-state index in [0.717, 1.165) is 5.56 Å². The van der Waals surface area contributed by atoms with E-state index in [-0.39, 0.29) is 5.70 Å². The van der Waals surface area contributed by atoms with Crippen molar-refractivity contribution in [3.8, 4) is 0 Å². The molecule has 1 N–H and O–H groups in total. The molecule has 0 saturated carbocycles. The van der Waals surface area contributed by atoms with Crippen LogP contribution in [0.4, 0.5) is 4.79 Å². The number of benzene rings is 1. The summed E-state index contributed by atoms with van der Waals surface area (Å²) in [6, 6.07) is 9.46. The summed E-state index contributed by atoms with van der Waals surface area (Å²) in [6.45, 7) is 7.30. The maximum atomic E-state index is 12.0. The fraction of sp³-hybridized carbons (Fsp3) is 0.412. The van der Waals surface area contributed by atoms with E-state index < -0.39 is 17.7 Å². The Morgan fingerprint density at radius 3 is 2.30 bits per heavy atom. The molecule has 1 aromatic rings. The van der Waals surface area contributed by atoms with Gasteiger partial charge in [0.2, 0.25) is 0 Å². The molecule has 0 bridgehead atoms. The highest BCUT2D eigenvalue weighted by Gasteiger charge is 2.23. The minimum Gasteiger partial charge on any atom is -0.464 e. The number of nitrogens with zero attached hydrogens (tertiary/aromatic N) is 1. The van der Waals surface area contributed by atoms with E-state index in [1.807, 2.05) is 30.3 Å². The predicted molar refractivity (Wildman–Crippen MR) is 87.1 cm³/mol. The lowest BCUT2D eigenvalue weighted by Gasteiger charge is -2.28. The number of hydrogen-bond acceptors (Lipinski definition) is 5. The number of esters is 1. The second kappa shape index (κ2) is 8.22. The summed E-state index contributed by atoms with van der Waals surface area (Å²) in [5.74, 6) is -0.542. The van der Waals surface area contributed by atoms with Gasteiger partial charge >= 0.3 is 12.1 Å². The molecular formula is C17H24N2O4. The van der Waals surface area contributed by atoms with Gasteiger partial charge in [-0.25, -0.2) is 15.0 Å². The second-order valence-corrected chi connectivity index (χ2v) is 5.85. The van der Waals surface area contributed by atoms with E-state index >= 15 is 0 Å². The molecule has 1 aromatic carbocycles. The Hall–Kier alpha value is -2.50. The highest BCUT2D eigenvalue weighted by molar-refractivity contribution is 5.88. The normalized spacial score (nSPS) is 11.6. The lowest BCUT2D eigenvalue weighted by molar-refractivity contribution is -0.138. The first-order chi connectivity index (χ1) is 10.8. The van der Waals surface area contributed by atoms with E-state index in [1.165, 1.54) is 12.1 Å². The summed E-state index contributed by atoms with van der Waals surface area (Å²) in [6.07, 6.45) is 0.934. The Morgan fingerprint density at radius 2 is 1.83 bits per heavy atom. The molecule has 1 amide bonds. The minimum absolute atomic E-state index is 0.224. The molecule has 0 aliphatic rings. The fourth-order valence-corrected chi connectivity index (χ4v) is 1.85. The van der Waals surface area contributed by atoms with Crippen LogP contribution in [0.1, 0.15) is 33.3 Å². The monoisotopic (exact) mass is 320 g/mol. The molecule has 0 aliphatic carbocycles. The molecule has 0 aliphatic heterocycles. The molecule has 6 nitrogen and oxygen atoms in total. The van der Waals surface area contributed by atoms with Gasteiger partial charge in [0.1, 0.15) is 11.3 Å². The Balaban J connectivity index is 2.96. The van der Waals surface area contributed by atoms with Crippen LogP contribution in [-0.4, -0.2) is 29.8 Å². The zero-order chi connectivity index (χ0) is 17.5. The second-order valence-electron chi connectivity index (χ2n) is 5.85. The maximum Gasteiger partial charge on any atom is 0.426 e. The summed E-state index contributed by atoms with van der Waals surface area (Å²) in [4.78, 5) is 24.0. The van der Waals surface area contributed by atoms with Gasteiger partial charge in [-0.05, 0) is 33.3 Å². The molecule has 126 valence electrons. The molecule has 1 rings (SSSR count). The van der Waals surface area contributed by atoms with E-state index in [0.29, 0.717) is 6.54 Å². The van der Waals surface area contributed by atoms with Crippen molar-refractivity contribution < 1.29 is 19.1 Å². The lowest BCUT2D eigenvalue weighted by atomic mass is 10.2. The molecule has 0 saturated heterocycles. The van der Waals surface area contributed by atoms with Gasteiger partial charge in [-0.3, -0.25) is 5.01 Å². The van der Waals surface area contributed by atoms with Gasteiger partial charge in [-0.1, -0.05) is 36.4 Å². The summed E-state index contributed by atoms with van der Waals surface area (Å²) in [5.41, 5.74) is 3.10. The number of ether oxygens (including phenoxy) is 2. The van der Waals surface area contributed by atoms with Crippen molar-refractivity contribution in [1.82, 2.24) is 10.4 Å². The average molecular weight is 320 g/mol. The third-order valence-corrected chi connectivity index (χ3v) is 2.77. The van der Waals surface area contributed by atoms with E-state index in [1.54, 1.807) is 33.8 Å². The third-order valence-electron chi connectivity index (χ3n) is 2.77. The van der Waals surface area contributed by atoms with Crippen LogP contribution in [0, 0.1) is 0 Å². The number of allylic oxidation sites excluding steroid dienone is 1. The minimum atomic E-state index is -0.642. The predicted octanol–water partition coefficient (Wildman–Crippen LogP) is 3.01. The number of hydrazine groups is 1. The first-order valence-electron chi connectivity index (χ1n) is 7.32. The van der Waals surface area contributed by atoms with Crippen LogP contribution in [-0.2, 0) is 20.8 Å². The molecule has 0 fully saturated rings. The largest absolute Gasteiger partial charge is 0.464 e. The number of hydrogen-bond donors (Lipinski definition) is 1. The molecule has 0 aromatic heterocycles. The van der Waals surface area contributed by atoms with Crippen molar-refractivity contribution in [1.29, 1.82) is 0 Å². The molecular weight excluding hydrogens is 296 g/mol. The zero-order valence-corrected chi connectivity index (χ0v) is 14.3. The topological polar surface area (TPSA) is 67.9 Å². The quantitative estimate of drug-likeness (QED) is 0.513. The first kappa shape index (κ1) is 18.5. The van der Waals surface area contributed by atoms with Crippen molar-refractivity contribution in [2.24, 2.45) is 0 Å². The Labute approximate surface area is 137 Å². The van der Waals surface area contributed by atoms with Crippen molar-refractivity contribution in [2.45, 2.75) is 39.8 Å². The molecule has 6 heteroatoms. The standard InChI is InChI=1S/C17H24N2O4/c1-6-14(15(20)22-5)19(12-13-10-8-7-9-11-13)18-16(21)23-17(2,3)4/h6-11H,12H2,1-5H3,(H,18,21)/b14-6-. The molecule has 0 heterocycles. The van der Waals surface area contributed by atoms with Crippen molar-refractivity contribution >= 4 is 12.1 Å². The van der Waals surface area contributed by atoms with Crippen molar-refractivity contribution in [3.05, 3.63) is 47.7 Å². The van der Waals surface area contributed by atoms with Gasteiger partial charge in [-0.15, -0.1) is 0 Å². The molecule has 0 radical (unpaired) electrons. The Kier molecular flexibility index (Phi) is 6.63. The third kappa shape index (κ3) is 6.42. The van der Waals surface area contributed by atoms with Crippen LogP contribution < -0.4 is 5.43 Å². The van der Waals surface area contributed by atoms with Gasteiger partial charge in [0, 0.05) is 0 Å². The molecule has 0 spiro atoms. The molecule has 0 atom stereocenters.